The summed E-state index contributed by atoms with van der Waals surface area (Å²) in [7, 11) is 0. The Balaban J connectivity index is 1.98. The summed E-state index contributed by atoms with van der Waals surface area (Å²) in [5.41, 5.74) is 0. The van der Waals surface area contributed by atoms with E-state index in [1.54, 1.807) is 0 Å². The van der Waals surface area contributed by atoms with E-state index in [2.05, 4.69) is 10.6 Å². The second-order valence-corrected chi connectivity index (χ2v) is 2.90. The van der Waals surface area contributed by atoms with E-state index in [1.165, 1.54) is 12.8 Å². The predicted octanol–water partition coefficient (Wildman–Crippen LogP) is -0.220. The molecular weight excluding hydrogens is 160 g/mol. The van der Waals surface area contributed by atoms with Gasteiger partial charge in [0, 0.05) is 6.54 Å². The van der Waals surface area contributed by atoms with E-state index >= 15 is 0 Å². The molecule has 0 bridgehead atoms. The summed E-state index contributed by atoms with van der Waals surface area (Å²) >= 11 is 0. The van der Waals surface area contributed by atoms with Crippen LogP contribution in [0.5, 0.6) is 0 Å². The fraction of sp³-hybridized carbons (Fsp3) is 0.714. The topological polar surface area (TPSA) is 78.4 Å². The van der Waals surface area contributed by atoms with Gasteiger partial charge in [0.25, 0.3) is 0 Å². The van der Waals surface area contributed by atoms with E-state index in [0.717, 1.165) is 0 Å². The Morgan fingerprint density at radius 1 is 1.33 bits per heavy atom. The summed E-state index contributed by atoms with van der Waals surface area (Å²) in [4.78, 5) is 20.8. The Labute approximate surface area is 70.1 Å². The van der Waals surface area contributed by atoms with Gasteiger partial charge < -0.3 is 15.7 Å². The van der Waals surface area contributed by atoms with Gasteiger partial charge in [0.05, 0.1) is 0 Å². The van der Waals surface area contributed by atoms with Crippen molar-refractivity contribution in [2.45, 2.75) is 12.8 Å². The molecule has 1 aliphatic carbocycles. The summed E-state index contributed by atoms with van der Waals surface area (Å²) in [6.45, 7) is 0.335. The zero-order valence-electron chi connectivity index (χ0n) is 6.67. The van der Waals surface area contributed by atoms with Gasteiger partial charge in [0.15, 0.2) is 0 Å². The van der Waals surface area contributed by atoms with Crippen LogP contribution in [0.4, 0.5) is 4.79 Å². The van der Waals surface area contributed by atoms with Gasteiger partial charge in [-0.05, 0) is 18.8 Å². The quantitative estimate of drug-likeness (QED) is 0.548. The van der Waals surface area contributed by atoms with Crippen LogP contribution in [0.1, 0.15) is 12.8 Å². The van der Waals surface area contributed by atoms with Gasteiger partial charge >= 0.3 is 12.0 Å². The maximum absolute atomic E-state index is 10.8. The van der Waals surface area contributed by atoms with Crippen molar-refractivity contribution in [2.24, 2.45) is 5.92 Å². The highest BCUT2D eigenvalue weighted by molar-refractivity contribution is 5.79. The van der Waals surface area contributed by atoms with Crippen LogP contribution in [0.3, 0.4) is 0 Å². The van der Waals surface area contributed by atoms with Crippen molar-refractivity contribution in [3.63, 3.8) is 0 Å². The summed E-state index contributed by atoms with van der Waals surface area (Å²) in [5, 5.41) is 13.0. The molecule has 1 rings (SSSR count). The van der Waals surface area contributed by atoms with Crippen LogP contribution in [0.15, 0.2) is 0 Å². The number of nitrogens with one attached hydrogen (secondary N) is 2. The smallest absolute Gasteiger partial charge is 0.323 e. The maximum atomic E-state index is 10.8. The molecule has 0 heterocycles. The molecule has 1 saturated carbocycles. The number of carboxylic acids is 1. The van der Waals surface area contributed by atoms with Gasteiger partial charge in [-0.3, -0.25) is 4.79 Å². The molecule has 68 valence electrons. The molecule has 0 atom stereocenters. The first kappa shape index (κ1) is 8.83. The molecular formula is C7H12N2O3. The first-order valence-electron chi connectivity index (χ1n) is 3.92. The number of carbonyl (C=O) groups is 2. The molecule has 0 radical (unpaired) electrons. The molecule has 0 aromatic rings. The molecule has 0 aromatic heterocycles. The summed E-state index contributed by atoms with van der Waals surface area (Å²) in [5.74, 6) is -0.419. The first-order valence-corrected chi connectivity index (χ1v) is 3.92. The van der Waals surface area contributed by atoms with Crippen LogP contribution in [0, 0.1) is 5.92 Å². The molecule has 0 spiro atoms. The lowest BCUT2D eigenvalue weighted by atomic mass is 10.4. The molecule has 0 aliphatic heterocycles. The highest BCUT2D eigenvalue weighted by Crippen LogP contribution is 2.27. The lowest BCUT2D eigenvalue weighted by Crippen LogP contribution is -2.39. The van der Waals surface area contributed by atoms with E-state index in [-0.39, 0.29) is 6.54 Å². The Kier molecular flexibility index (Phi) is 2.90. The summed E-state index contributed by atoms with van der Waals surface area (Å²) < 4.78 is 0. The Morgan fingerprint density at radius 2 is 2.00 bits per heavy atom. The minimum atomic E-state index is -1.03. The van der Waals surface area contributed by atoms with E-state index < -0.39 is 12.0 Å². The molecule has 0 aromatic carbocycles. The number of carboxylic acid groups (broad SMARTS) is 1. The normalized spacial score (nSPS) is 15.3. The van der Waals surface area contributed by atoms with Gasteiger partial charge in [-0.25, -0.2) is 4.79 Å². The Morgan fingerprint density at radius 3 is 2.50 bits per heavy atom. The molecule has 0 unspecified atom stereocenters. The van der Waals surface area contributed by atoms with Gasteiger partial charge in [0.2, 0.25) is 0 Å². The van der Waals surface area contributed by atoms with Crippen LogP contribution >= 0.6 is 0 Å². The molecule has 5 nitrogen and oxygen atoms in total. The maximum Gasteiger partial charge on any atom is 0.323 e. The third kappa shape index (κ3) is 3.80. The monoisotopic (exact) mass is 172 g/mol. The molecule has 0 saturated heterocycles. The van der Waals surface area contributed by atoms with Crippen molar-refractivity contribution in [2.75, 3.05) is 13.1 Å². The number of hydrogen-bond donors (Lipinski definition) is 3. The van der Waals surface area contributed by atoms with E-state index in [9.17, 15) is 9.59 Å². The number of rotatable bonds is 4. The third-order valence-corrected chi connectivity index (χ3v) is 1.65. The van der Waals surface area contributed by atoms with Crippen LogP contribution in [-0.4, -0.2) is 30.2 Å². The molecule has 1 fully saturated rings. The number of carbonyl (C=O) groups excluding carboxylic acids is 1. The molecule has 12 heavy (non-hydrogen) atoms. The molecule has 2 amide bonds. The second kappa shape index (κ2) is 3.94. The standard InChI is InChI=1S/C7H12N2O3/c10-6(11)4-9-7(12)8-3-5-1-2-5/h5H,1-4H2,(H,10,11)(H2,8,9,12). The molecule has 3 N–H and O–H groups in total. The summed E-state index contributed by atoms with van der Waals surface area (Å²) in [6.07, 6.45) is 2.33. The lowest BCUT2D eigenvalue weighted by molar-refractivity contribution is -0.135. The van der Waals surface area contributed by atoms with E-state index in [4.69, 9.17) is 5.11 Å². The Hall–Kier alpha value is -1.26. The zero-order valence-corrected chi connectivity index (χ0v) is 6.67. The van der Waals surface area contributed by atoms with Crippen molar-refractivity contribution in [1.29, 1.82) is 0 Å². The number of aliphatic carboxylic acids is 1. The van der Waals surface area contributed by atoms with Crippen LogP contribution in [-0.2, 0) is 4.79 Å². The summed E-state index contributed by atoms with van der Waals surface area (Å²) in [6, 6.07) is -0.399. The average molecular weight is 172 g/mol. The average Bonchev–Trinajstić information content (AvgIpc) is 2.80. The molecule has 1 aliphatic rings. The van der Waals surface area contributed by atoms with Crippen molar-refractivity contribution < 1.29 is 14.7 Å². The first-order chi connectivity index (χ1) is 5.68. The van der Waals surface area contributed by atoms with Crippen molar-refractivity contribution in [3.05, 3.63) is 0 Å². The van der Waals surface area contributed by atoms with Crippen LogP contribution in [0.25, 0.3) is 0 Å². The highest BCUT2D eigenvalue weighted by Gasteiger charge is 2.21. The van der Waals surface area contributed by atoms with Crippen LogP contribution < -0.4 is 10.6 Å². The lowest BCUT2D eigenvalue weighted by Gasteiger charge is -2.03. The van der Waals surface area contributed by atoms with Crippen molar-refractivity contribution in [3.8, 4) is 0 Å². The van der Waals surface area contributed by atoms with Crippen molar-refractivity contribution >= 4 is 12.0 Å². The zero-order chi connectivity index (χ0) is 8.97. The minimum Gasteiger partial charge on any atom is -0.480 e. The molecule has 5 heteroatoms. The fourth-order valence-corrected chi connectivity index (χ4v) is 0.777. The van der Waals surface area contributed by atoms with Crippen LogP contribution in [0.2, 0.25) is 0 Å². The number of hydrogen-bond acceptors (Lipinski definition) is 2. The number of amides is 2. The number of urea groups is 1. The Bertz CT molecular complexity index is 189. The van der Waals surface area contributed by atoms with Crippen molar-refractivity contribution in [1.82, 2.24) is 10.6 Å². The fourth-order valence-electron chi connectivity index (χ4n) is 0.777. The van der Waals surface area contributed by atoms with E-state index in [1.807, 2.05) is 0 Å². The highest BCUT2D eigenvalue weighted by atomic mass is 16.4. The SMILES string of the molecule is O=C(O)CNC(=O)NCC1CC1. The largest absolute Gasteiger partial charge is 0.480 e. The van der Waals surface area contributed by atoms with E-state index in [0.29, 0.717) is 12.5 Å². The van der Waals surface area contributed by atoms with Gasteiger partial charge in [0.1, 0.15) is 6.54 Å². The third-order valence-electron chi connectivity index (χ3n) is 1.65. The van der Waals surface area contributed by atoms with Gasteiger partial charge in [-0.15, -0.1) is 0 Å². The van der Waals surface area contributed by atoms with Gasteiger partial charge in [-0.2, -0.15) is 0 Å². The minimum absolute atomic E-state index is 0.323. The predicted molar refractivity (Wildman–Crippen MR) is 41.8 cm³/mol. The van der Waals surface area contributed by atoms with Gasteiger partial charge in [-0.1, -0.05) is 0 Å². The second-order valence-electron chi connectivity index (χ2n) is 2.90.